The molecule has 1 heterocycles. The van der Waals surface area contributed by atoms with Gasteiger partial charge in [-0.15, -0.1) is 0 Å². The average molecular weight is 431 g/mol. The number of unbranched alkanes of at least 4 members (excludes halogenated alkanes) is 3. The Hall–Kier alpha value is -1.52. The van der Waals surface area contributed by atoms with Crippen LogP contribution >= 0.6 is 0 Å². The molecule has 4 heteroatoms. The van der Waals surface area contributed by atoms with Gasteiger partial charge in [-0.1, -0.05) is 52.5 Å². The van der Waals surface area contributed by atoms with Crippen molar-refractivity contribution in [3.05, 3.63) is 34.9 Å². The van der Waals surface area contributed by atoms with Gasteiger partial charge in [0.25, 0.3) is 0 Å². The molecular weight excluding hydrogens is 388 g/mol. The summed E-state index contributed by atoms with van der Waals surface area (Å²) >= 11 is 0. The molecule has 0 saturated carbocycles. The molecule has 0 unspecified atom stereocenters. The zero-order valence-electron chi connectivity index (χ0n) is 19.9. The van der Waals surface area contributed by atoms with Gasteiger partial charge in [0.1, 0.15) is 17.1 Å². The Morgan fingerprint density at radius 1 is 1.13 bits per heavy atom. The van der Waals surface area contributed by atoms with Gasteiger partial charge in [-0.3, -0.25) is 0 Å². The Labute approximate surface area is 188 Å². The number of phenolic OH excluding ortho intramolecular Hbond substituents is 1. The molecule has 0 spiro atoms. The fraction of sp³-hybridized carbons (Fsp3) is 0.704. The molecule has 0 radical (unpaired) electrons. The number of hydrogen-bond acceptors (Lipinski definition) is 4. The highest BCUT2D eigenvalue weighted by atomic mass is 16.5. The van der Waals surface area contributed by atoms with Crippen LogP contribution in [0.15, 0.2) is 23.8 Å². The van der Waals surface area contributed by atoms with Crippen molar-refractivity contribution >= 4 is 0 Å². The Morgan fingerprint density at radius 2 is 1.90 bits per heavy atom. The second-order valence-corrected chi connectivity index (χ2v) is 10.5. The van der Waals surface area contributed by atoms with Crippen LogP contribution in [-0.2, 0) is 5.41 Å². The van der Waals surface area contributed by atoms with Gasteiger partial charge in [0.15, 0.2) is 0 Å². The maximum absolute atomic E-state index is 11.2. The molecule has 0 aromatic heterocycles. The SMILES string of the molecule is CCCCCCC(C)(C)c1cc(O)c2c(c1)O[C@@](C)(CCCO)[C@@H]1CC=C(CO)C[C@@H]21. The van der Waals surface area contributed by atoms with E-state index in [4.69, 9.17) is 4.74 Å². The first-order valence-corrected chi connectivity index (χ1v) is 12.2. The number of rotatable bonds is 10. The third-order valence-electron chi connectivity index (χ3n) is 7.72. The summed E-state index contributed by atoms with van der Waals surface area (Å²) < 4.78 is 6.66. The summed E-state index contributed by atoms with van der Waals surface area (Å²) in [5.41, 5.74) is 2.63. The first kappa shape index (κ1) is 24.1. The first-order valence-electron chi connectivity index (χ1n) is 12.2. The van der Waals surface area contributed by atoms with Crippen LogP contribution in [0.5, 0.6) is 11.5 Å². The lowest BCUT2D eigenvalue weighted by atomic mass is 9.65. The molecule has 3 N–H and O–H groups in total. The second-order valence-electron chi connectivity index (χ2n) is 10.5. The Bertz CT molecular complexity index is 782. The highest BCUT2D eigenvalue weighted by Gasteiger charge is 2.48. The molecule has 3 atom stereocenters. The largest absolute Gasteiger partial charge is 0.508 e. The molecule has 0 saturated heterocycles. The molecule has 1 aliphatic carbocycles. The third kappa shape index (κ3) is 5.12. The van der Waals surface area contributed by atoms with E-state index in [1.54, 1.807) is 0 Å². The minimum Gasteiger partial charge on any atom is -0.508 e. The maximum atomic E-state index is 11.2. The van der Waals surface area contributed by atoms with Crippen molar-refractivity contribution in [2.45, 2.75) is 102 Å². The van der Waals surface area contributed by atoms with E-state index in [2.05, 4.69) is 39.8 Å². The summed E-state index contributed by atoms with van der Waals surface area (Å²) in [5, 5.41) is 30.4. The monoisotopic (exact) mass is 430 g/mol. The number of allylic oxidation sites excluding steroid dienone is 1. The minimum atomic E-state index is -0.395. The fourth-order valence-electron chi connectivity index (χ4n) is 5.66. The van der Waals surface area contributed by atoms with Crippen LogP contribution in [0.1, 0.15) is 103 Å². The number of aliphatic hydroxyl groups is 2. The Kier molecular flexibility index (Phi) is 7.75. The van der Waals surface area contributed by atoms with E-state index >= 15 is 0 Å². The van der Waals surface area contributed by atoms with Gasteiger partial charge in [-0.05, 0) is 67.7 Å². The Balaban J connectivity index is 1.97. The zero-order valence-corrected chi connectivity index (χ0v) is 19.9. The van der Waals surface area contributed by atoms with Gasteiger partial charge >= 0.3 is 0 Å². The first-order chi connectivity index (χ1) is 14.8. The molecule has 4 nitrogen and oxygen atoms in total. The number of benzene rings is 1. The van der Waals surface area contributed by atoms with Crippen molar-refractivity contribution in [3.63, 3.8) is 0 Å². The van der Waals surface area contributed by atoms with E-state index in [0.717, 1.165) is 48.1 Å². The number of hydrogen-bond donors (Lipinski definition) is 3. The van der Waals surface area contributed by atoms with Gasteiger partial charge < -0.3 is 20.1 Å². The van der Waals surface area contributed by atoms with Crippen molar-refractivity contribution in [1.82, 2.24) is 0 Å². The lowest BCUT2D eigenvalue weighted by Crippen LogP contribution is -2.48. The van der Waals surface area contributed by atoms with E-state index in [0.29, 0.717) is 12.2 Å². The number of phenols is 1. The van der Waals surface area contributed by atoms with Gasteiger partial charge in [-0.2, -0.15) is 0 Å². The third-order valence-corrected chi connectivity index (χ3v) is 7.72. The van der Waals surface area contributed by atoms with Gasteiger partial charge in [0.05, 0.1) is 6.61 Å². The molecule has 1 aliphatic heterocycles. The smallest absolute Gasteiger partial charge is 0.127 e. The Morgan fingerprint density at radius 3 is 2.58 bits per heavy atom. The number of fused-ring (bicyclic) bond motifs is 3. The number of aromatic hydroxyl groups is 1. The molecular formula is C27H42O4. The van der Waals surface area contributed by atoms with Crippen LogP contribution in [0.25, 0.3) is 0 Å². The van der Waals surface area contributed by atoms with Crippen LogP contribution in [0.4, 0.5) is 0 Å². The van der Waals surface area contributed by atoms with E-state index in [1.807, 2.05) is 6.07 Å². The fourth-order valence-corrected chi connectivity index (χ4v) is 5.66. The minimum absolute atomic E-state index is 0.0370. The van der Waals surface area contributed by atoms with Gasteiger partial charge in [0, 0.05) is 24.0 Å². The molecule has 174 valence electrons. The molecule has 3 rings (SSSR count). The summed E-state index contributed by atoms with van der Waals surface area (Å²) in [6.07, 6.45) is 11.2. The van der Waals surface area contributed by atoms with Crippen molar-refractivity contribution in [2.24, 2.45) is 5.92 Å². The van der Waals surface area contributed by atoms with E-state index < -0.39 is 5.60 Å². The van der Waals surface area contributed by atoms with E-state index in [1.165, 1.54) is 25.7 Å². The van der Waals surface area contributed by atoms with Gasteiger partial charge in [-0.25, -0.2) is 0 Å². The van der Waals surface area contributed by atoms with Crippen LogP contribution < -0.4 is 4.74 Å². The highest BCUT2D eigenvalue weighted by molar-refractivity contribution is 5.54. The maximum Gasteiger partial charge on any atom is 0.127 e. The number of aliphatic hydroxyl groups excluding tert-OH is 2. The van der Waals surface area contributed by atoms with Crippen molar-refractivity contribution in [3.8, 4) is 11.5 Å². The molecule has 31 heavy (non-hydrogen) atoms. The quantitative estimate of drug-likeness (QED) is 0.316. The molecule has 1 aromatic rings. The topological polar surface area (TPSA) is 69.9 Å². The van der Waals surface area contributed by atoms with Crippen molar-refractivity contribution < 1.29 is 20.1 Å². The van der Waals surface area contributed by atoms with Crippen molar-refractivity contribution in [2.75, 3.05) is 13.2 Å². The molecule has 2 aliphatic rings. The predicted molar refractivity (Wildman–Crippen MR) is 126 cm³/mol. The van der Waals surface area contributed by atoms with E-state index in [9.17, 15) is 15.3 Å². The highest BCUT2D eigenvalue weighted by Crippen LogP contribution is 2.56. The standard InChI is InChI=1S/C27H42O4/c1-5-6-7-8-12-26(2,3)20-16-23(30)25-21-15-19(18-29)10-11-22(21)27(4,13-9-14-28)31-24(25)17-20/h10,16-17,21-22,28-30H,5-9,11-15,18H2,1-4H3/t21-,22-,27+/m1/s1. The van der Waals surface area contributed by atoms with Gasteiger partial charge in [0.2, 0.25) is 0 Å². The summed E-state index contributed by atoms with van der Waals surface area (Å²) in [4.78, 5) is 0. The molecule has 0 amide bonds. The second kappa shape index (κ2) is 9.95. The lowest BCUT2D eigenvalue weighted by molar-refractivity contribution is -0.0207. The van der Waals surface area contributed by atoms with E-state index in [-0.39, 0.29) is 30.5 Å². The molecule has 0 fully saturated rings. The van der Waals surface area contributed by atoms with Crippen molar-refractivity contribution in [1.29, 1.82) is 0 Å². The molecule has 1 aromatic carbocycles. The zero-order chi connectivity index (χ0) is 22.6. The average Bonchev–Trinajstić information content (AvgIpc) is 2.74. The summed E-state index contributed by atoms with van der Waals surface area (Å²) in [6, 6.07) is 4.10. The number of ether oxygens (including phenoxy) is 1. The normalized spacial score (nSPS) is 25.4. The summed E-state index contributed by atoms with van der Waals surface area (Å²) in [6.45, 7) is 9.11. The van der Waals surface area contributed by atoms with Crippen LogP contribution in [0.3, 0.4) is 0 Å². The van der Waals surface area contributed by atoms with Crippen LogP contribution in [-0.4, -0.2) is 34.1 Å². The molecule has 0 bridgehead atoms. The lowest BCUT2D eigenvalue weighted by Gasteiger charge is -2.49. The summed E-state index contributed by atoms with van der Waals surface area (Å²) in [5.74, 6) is 1.46. The van der Waals surface area contributed by atoms with Crippen LogP contribution in [0, 0.1) is 5.92 Å². The predicted octanol–water partition coefficient (Wildman–Crippen LogP) is 5.98. The summed E-state index contributed by atoms with van der Waals surface area (Å²) in [7, 11) is 0. The van der Waals surface area contributed by atoms with Crippen LogP contribution in [0.2, 0.25) is 0 Å².